The zero-order valence-corrected chi connectivity index (χ0v) is 10.8. The van der Waals surface area contributed by atoms with Crippen LogP contribution in [-0.2, 0) is 6.54 Å². The number of likely N-dealkylation sites (N-methyl/N-ethyl adjacent to an activating group) is 2. The van der Waals surface area contributed by atoms with E-state index in [4.69, 9.17) is 5.73 Å². The van der Waals surface area contributed by atoms with Crippen LogP contribution in [0.5, 0.6) is 0 Å². The summed E-state index contributed by atoms with van der Waals surface area (Å²) in [5.41, 5.74) is 7.66. The molecule has 0 aliphatic carbocycles. The van der Waals surface area contributed by atoms with Crippen LogP contribution in [0.25, 0.3) is 0 Å². The van der Waals surface area contributed by atoms with Crippen LogP contribution in [0.3, 0.4) is 0 Å². The molecule has 1 saturated heterocycles. The Morgan fingerprint density at radius 3 is 2.82 bits per heavy atom. The van der Waals surface area contributed by atoms with E-state index in [2.05, 4.69) is 33.9 Å². The van der Waals surface area contributed by atoms with Crippen molar-refractivity contribution in [3.05, 3.63) is 23.3 Å². The lowest BCUT2D eigenvalue weighted by atomic mass is 10.1. The third-order valence-electron chi connectivity index (χ3n) is 3.47. The Bertz CT molecular complexity index is 392. The monoisotopic (exact) mass is 235 g/mol. The number of hydrogen-bond donors (Lipinski definition) is 1. The van der Waals surface area contributed by atoms with Crippen molar-refractivity contribution in [3.8, 4) is 0 Å². The van der Waals surface area contributed by atoms with Crippen LogP contribution in [0.2, 0.25) is 0 Å². The van der Waals surface area contributed by atoms with E-state index in [1.165, 1.54) is 0 Å². The minimum Gasteiger partial charge on any atom is -0.326 e. The first-order chi connectivity index (χ1) is 8.11. The van der Waals surface area contributed by atoms with Gasteiger partial charge < -0.3 is 10.6 Å². The van der Waals surface area contributed by atoms with Gasteiger partial charge in [-0.25, -0.2) is 9.97 Å². The van der Waals surface area contributed by atoms with Crippen molar-refractivity contribution in [2.45, 2.75) is 19.5 Å². The largest absolute Gasteiger partial charge is 0.326 e. The Kier molecular flexibility index (Phi) is 3.71. The first-order valence-corrected chi connectivity index (χ1v) is 6.03. The molecule has 5 heteroatoms. The number of rotatable bonds is 2. The summed E-state index contributed by atoms with van der Waals surface area (Å²) < 4.78 is 0. The zero-order chi connectivity index (χ0) is 12.4. The third-order valence-corrected chi connectivity index (χ3v) is 3.47. The highest BCUT2D eigenvalue weighted by Crippen LogP contribution is 2.20. The van der Waals surface area contributed by atoms with Crippen molar-refractivity contribution in [1.29, 1.82) is 0 Å². The van der Waals surface area contributed by atoms with Gasteiger partial charge in [-0.1, -0.05) is 0 Å². The summed E-state index contributed by atoms with van der Waals surface area (Å²) in [5, 5.41) is 0. The van der Waals surface area contributed by atoms with Gasteiger partial charge in [0, 0.05) is 43.6 Å². The molecule has 0 spiro atoms. The van der Waals surface area contributed by atoms with Gasteiger partial charge in [-0.2, -0.15) is 0 Å². The molecular weight excluding hydrogens is 214 g/mol. The number of hydrogen-bond acceptors (Lipinski definition) is 5. The molecule has 0 aromatic carbocycles. The summed E-state index contributed by atoms with van der Waals surface area (Å²) in [7, 11) is 4.27. The highest BCUT2D eigenvalue weighted by atomic mass is 15.3. The molecule has 1 unspecified atom stereocenters. The summed E-state index contributed by atoms with van der Waals surface area (Å²) >= 11 is 0. The molecule has 1 aromatic heterocycles. The molecule has 0 saturated carbocycles. The lowest BCUT2D eigenvalue weighted by Gasteiger charge is -2.36. The maximum atomic E-state index is 5.63. The Balaban J connectivity index is 2.23. The third kappa shape index (κ3) is 2.62. The summed E-state index contributed by atoms with van der Waals surface area (Å²) in [6.07, 6.45) is 1.86. The first kappa shape index (κ1) is 12.4. The van der Waals surface area contributed by atoms with Crippen LogP contribution in [-0.4, -0.2) is 53.5 Å². The van der Waals surface area contributed by atoms with E-state index in [0.717, 1.165) is 36.7 Å². The smallest absolute Gasteiger partial charge is 0.146 e. The molecule has 1 aliphatic heterocycles. The molecule has 2 heterocycles. The molecule has 1 atom stereocenters. The summed E-state index contributed by atoms with van der Waals surface area (Å²) in [4.78, 5) is 13.7. The van der Waals surface area contributed by atoms with Crippen molar-refractivity contribution in [3.63, 3.8) is 0 Å². The van der Waals surface area contributed by atoms with Gasteiger partial charge in [-0.15, -0.1) is 0 Å². The number of nitrogens with zero attached hydrogens (tertiary/aromatic N) is 4. The fourth-order valence-electron chi connectivity index (χ4n) is 2.16. The summed E-state index contributed by atoms with van der Waals surface area (Å²) in [6.45, 7) is 5.65. The van der Waals surface area contributed by atoms with E-state index < -0.39 is 0 Å². The van der Waals surface area contributed by atoms with Gasteiger partial charge in [0.25, 0.3) is 0 Å². The number of aryl methyl sites for hydroxylation is 1. The van der Waals surface area contributed by atoms with Crippen LogP contribution in [0, 0.1) is 6.92 Å². The Morgan fingerprint density at radius 2 is 2.18 bits per heavy atom. The van der Waals surface area contributed by atoms with Gasteiger partial charge in [0.2, 0.25) is 0 Å². The van der Waals surface area contributed by atoms with Crippen molar-refractivity contribution in [2.24, 2.45) is 5.73 Å². The molecule has 17 heavy (non-hydrogen) atoms. The summed E-state index contributed by atoms with van der Waals surface area (Å²) in [6, 6.07) is 0.291. The Hall–Kier alpha value is -1.04. The van der Waals surface area contributed by atoms with Crippen LogP contribution < -0.4 is 5.73 Å². The Labute approximate surface area is 103 Å². The predicted octanol–water partition coefficient (Wildman–Crippen LogP) is 0.162. The van der Waals surface area contributed by atoms with Crippen LogP contribution in [0.1, 0.15) is 23.1 Å². The second kappa shape index (κ2) is 5.08. The van der Waals surface area contributed by atoms with Gasteiger partial charge >= 0.3 is 0 Å². The predicted molar refractivity (Wildman–Crippen MR) is 67.5 cm³/mol. The van der Waals surface area contributed by atoms with E-state index >= 15 is 0 Å². The van der Waals surface area contributed by atoms with Crippen molar-refractivity contribution in [1.82, 2.24) is 19.8 Å². The topological polar surface area (TPSA) is 58.3 Å². The minimum atomic E-state index is 0.291. The lowest BCUT2D eigenvalue weighted by molar-refractivity contribution is 0.109. The number of piperazine rings is 1. The van der Waals surface area contributed by atoms with E-state index in [1.807, 2.05) is 13.1 Å². The molecule has 0 radical (unpaired) electrons. The SMILES string of the molecule is Cc1nc(C2CN(C)CCN2C)ncc1CN. The van der Waals surface area contributed by atoms with E-state index in [1.54, 1.807) is 0 Å². The van der Waals surface area contributed by atoms with E-state index in [-0.39, 0.29) is 0 Å². The first-order valence-electron chi connectivity index (χ1n) is 6.03. The molecule has 5 nitrogen and oxygen atoms in total. The fourth-order valence-corrected chi connectivity index (χ4v) is 2.16. The normalized spacial score (nSPS) is 22.9. The van der Waals surface area contributed by atoms with E-state index in [0.29, 0.717) is 12.6 Å². The minimum absolute atomic E-state index is 0.291. The second-order valence-electron chi connectivity index (χ2n) is 4.80. The Morgan fingerprint density at radius 1 is 1.41 bits per heavy atom. The van der Waals surface area contributed by atoms with Crippen molar-refractivity contribution in [2.75, 3.05) is 33.7 Å². The average molecular weight is 235 g/mol. The van der Waals surface area contributed by atoms with Gasteiger partial charge in [-0.05, 0) is 21.0 Å². The highest BCUT2D eigenvalue weighted by Gasteiger charge is 2.26. The molecular formula is C12H21N5. The number of aromatic nitrogens is 2. The zero-order valence-electron chi connectivity index (χ0n) is 10.8. The molecule has 1 aliphatic rings. The highest BCUT2D eigenvalue weighted by molar-refractivity contribution is 5.17. The van der Waals surface area contributed by atoms with E-state index in [9.17, 15) is 0 Å². The summed E-state index contributed by atoms with van der Waals surface area (Å²) in [5.74, 6) is 0.911. The lowest BCUT2D eigenvalue weighted by Crippen LogP contribution is -2.45. The molecule has 2 N–H and O–H groups in total. The van der Waals surface area contributed by atoms with Gasteiger partial charge in [-0.3, -0.25) is 4.90 Å². The molecule has 0 amide bonds. The van der Waals surface area contributed by atoms with Gasteiger partial charge in [0.05, 0.1) is 6.04 Å². The van der Waals surface area contributed by atoms with Crippen molar-refractivity contribution < 1.29 is 0 Å². The fraction of sp³-hybridized carbons (Fsp3) is 0.667. The standard InChI is InChI=1S/C12H21N5/c1-9-10(6-13)7-14-12(15-9)11-8-16(2)4-5-17(11)3/h7,11H,4-6,8,13H2,1-3H3. The average Bonchev–Trinajstić information content (AvgIpc) is 2.32. The second-order valence-corrected chi connectivity index (χ2v) is 4.80. The van der Waals surface area contributed by atoms with Gasteiger partial charge in [0.15, 0.2) is 0 Å². The van der Waals surface area contributed by atoms with Crippen LogP contribution in [0.4, 0.5) is 0 Å². The van der Waals surface area contributed by atoms with Crippen molar-refractivity contribution >= 4 is 0 Å². The van der Waals surface area contributed by atoms with Crippen LogP contribution >= 0.6 is 0 Å². The maximum absolute atomic E-state index is 5.63. The molecule has 2 rings (SSSR count). The van der Waals surface area contributed by atoms with Crippen LogP contribution in [0.15, 0.2) is 6.20 Å². The number of nitrogens with two attached hydrogens (primary N) is 1. The van der Waals surface area contributed by atoms with Gasteiger partial charge in [0.1, 0.15) is 5.82 Å². The molecule has 94 valence electrons. The molecule has 0 bridgehead atoms. The quantitative estimate of drug-likeness (QED) is 0.791. The molecule has 1 fully saturated rings. The molecule has 1 aromatic rings. The maximum Gasteiger partial charge on any atom is 0.146 e.